The summed E-state index contributed by atoms with van der Waals surface area (Å²) in [7, 11) is 4.40. The van der Waals surface area contributed by atoms with Crippen molar-refractivity contribution in [1.29, 1.82) is 0 Å². The molecule has 39 heavy (non-hydrogen) atoms. The number of rotatable bonds is 11. The van der Waals surface area contributed by atoms with Gasteiger partial charge in [-0.3, -0.25) is 4.79 Å². The first-order valence-electron chi connectivity index (χ1n) is 13.1. The number of benzene rings is 2. The van der Waals surface area contributed by atoms with Crippen LogP contribution in [-0.2, 0) is 17.9 Å². The number of Topliss-reactive ketones (excluding diaryl/α,β-unsaturated/α-hetero) is 1. The number of nitrogens with zero attached hydrogens (tertiary/aromatic N) is 2. The predicted octanol–water partition coefficient (Wildman–Crippen LogP) is 6.85. The molecule has 0 N–H and O–H groups in total. The van der Waals surface area contributed by atoms with Gasteiger partial charge in [-0.2, -0.15) is 0 Å². The summed E-state index contributed by atoms with van der Waals surface area (Å²) in [6.07, 6.45) is 8.40. The van der Waals surface area contributed by atoms with Gasteiger partial charge in [0.25, 0.3) is 0 Å². The third-order valence-corrected chi connectivity index (χ3v) is 5.43. The molecule has 0 saturated heterocycles. The van der Waals surface area contributed by atoms with Crippen molar-refractivity contribution in [2.24, 2.45) is 0 Å². The average molecular weight is 539 g/mol. The molecule has 0 unspecified atom stereocenters. The van der Waals surface area contributed by atoms with Crippen LogP contribution in [0.4, 0.5) is 0 Å². The average Bonchev–Trinajstić information content (AvgIpc) is 3.33. The van der Waals surface area contributed by atoms with E-state index in [1.807, 2.05) is 20.8 Å². The van der Waals surface area contributed by atoms with Gasteiger partial charge in [-0.15, -0.1) is 0 Å². The highest BCUT2D eigenvalue weighted by molar-refractivity contribution is 5.98. The van der Waals surface area contributed by atoms with Crippen LogP contribution in [0, 0.1) is 6.92 Å². The highest BCUT2D eigenvalue weighted by Crippen LogP contribution is 2.26. The number of carbonyl (C=O) groups excluding carboxylic acids is 2. The molecule has 3 aromatic rings. The zero-order valence-corrected chi connectivity index (χ0v) is 24.4. The van der Waals surface area contributed by atoms with Crippen molar-refractivity contribution in [2.45, 2.75) is 60.6 Å². The zero-order chi connectivity index (χ0) is 29.2. The Morgan fingerprint density at radius 1 is 0.897 bits per heavy atom. The molecule has 0 amide bonds. The Balaban J connectivity index is 0.000000839. The number of hydrogen-bond donors (Lipinski definition) is 0. The summed E-state index contributed by atoms with van der Waals surface area (Å²) in [6, 6.07) is 11.7. The molecule has 0 atom stereocenters. The fraction of sp³-hybridized carbons (Fsp3) is 0.387. The molecule has 1 aromatic heterocycles. The third kappa shape index (κ3) is 10.3. The summed E-state index contributed by atoms with van der Waals surface area (Å²) < 4.78 is 22.8. The number of ether oxygens (including phenoxy) is 4. The minimum atomic E-state index is -0.412. The number of hydrogen-bond acceptors (Lipinski definition) is 7. The topological polar surface area (TPSA) is 88.9 Å². The number of aryl methyl sites for hydroxylation is 1. The number of carbonyl (C=O) groups is 2. The van der Waals surface area contributed by atoms with Gasteiger partial charge >= 0.3 is 5.97 Å². The SMILES string of the molecule is CC.CC/C=C\CC.COC(=O)c1ccc(OCc2ncc(C)n2CC(=O)c2ccc(OC)cc2OC)cc1. The van der Waals surface area contributed by atoms with Crippen LogP contribution in [0.15, 0.2) is 60.8 Å². The molecule has 0 aliphatic heterocycles. The van der Waals surface area contributed by atoms with E-state index in [2.05, 4.69) is 35.7 Å². The van der Waals surface area contributed by atoms with E-state index in [1.54, 1.807) is 60.3 Å². The van der Waals surface area contributed by atoms with Crippen molar-refractivity contribution in [3.8, 4) is 17.2 Å². The van der Waals surface area contributed by atoms with E-state index < -0.39 is 5.97 Å². The maximum atomic E-state index is 12.9. The van der Waals surface area contributed by atoms with Gasteiger partial charge in [0.15, 0.2) is 5.78 Å². The van der Waals surface area contributed by atoms with Crippen LogP contribution in [0.3, 0.4) is 0 Å². The second-order valence-electron chi connectivity index (χ2n) is 7.98. The Labute approximate surface area is 232 Å². The van der Waals surface area contributed by atoms with Crippen LogP contribution in [0.1, 0.15) is 72.8 Å². The van der Waals surface area contributed by atoms with Crippen LogP contribution >= 0.6 is 0 Å². The molecule has 8 heteroatoms. The molecule has 0 bridgehead atoms. The summed E-state index contributed by atoms with van der Waals surface area (Å²) in [4.78, 5) is 28.8. The molecular weight excluding hydrogens is 496 g/mol. The normalized spacial score (nSPS) is 10.1. The molecule has 212 valence electrons. The lowest BCUT2D eigenvalue weighted by Crippen LogP contribution is -2.16. The first kappa shape index (κ1) is 33.0. The first-order valence-corrected chi connectivity index (χ1v) is 13.1. The van der Waals surface area contributed by atoms with Crippen LogP contribution in [0.2, 0.25) is 0 Å². The quantitative estimate of drug-likeness (QED) is 0.150. The number of methoxy groups -OCH3 is 3. The van der Waals surface area contributed by atoms with Gasteiger partial charge in [0.2, 0.25) is 0 Å². The lowest BCUT2D eigenvalue weighted by Gasteiger charge is -2.13. The Hall–Kier alpha value is -4.07. The van der Waals surface area contributed by atoms with Crippen LogP contribution in [0.5, 0.6) is 17.2 Å². The Morgan fingerprint density at radius 2 is 1.51 bits per heavy atom. The van der Waals surface area contributed by atoms with E-state index in [1.165, 1.54) is 27.1 Å². The van der Waals surface area contributed by atoms with Gasteiger partial charge in [0.1, 0.15) is 29.7 Å². The summed E-state index contributed by atoms with van der Waals surface area (Å²) in [5.41, 5.74) is 1.73. The van der Waals surface area contributed by atoms with Crippen molar-refractivity contribution < 1.29 is 28.5 Å². The van der Waals surface area contributed by atoms with Gasteiger partial charge in [-0.25, -0.2) is 9.78 Å². The standard InChI is InChI=1S/C23H24N2O6.C6H12.C2H6/c1-15-12-24-22(14-31-17-7-5-16(6-8-17)23(27)30-4)25(15)13-20(26)19-10-9-18(28-2)11-21(19)29-3;1-3-5-6-4-2;1-2/h5-12H,13-14H2,1-4H3;5-6H,3-4H2,1-2H3;1-2H3/b;6-5-;. The smallest absolute Gasteiger partial charge is 0.337 e. The number of ketones is 1. The molecule has 0 saturated carbocycles. The minimum Gasteiger partial charge on any atom is -0.497 e. The Morgan fingerprint density at radius 3 is 2.05 bits per heavy atom. The highest BCUT2D eigenvalue weighted by Gasteiger charge is 2.17. The summed E-state index contributed by atoms with van der Waals surface area (Å²) in [5.74, 6) is 1.71. The summed E-state index contributed by atoms with van der Waals surface area (Å²) >= 11 is 0. The van der Waals surface area contributed by atoms with Gasteiger partial charge in [0, 0.05) is 18.0 Å². The predicted molar refractivity (Wildman–Crippen MR) is 154 cm³/mol. The minimum absolute atomic E-state index is 0.0918. The van der Waals surface area contributed by atoms with E-state index >= 15 is 0 Å². The molecule has 3 rings (SSSR count). The monoisotopic (exact) mass is 538 g/mol. The van der Waals surface area contributed by atoms with E-state index in [-0.39, 0.29) is 18.9 Å². The van der Waals surface area contributed by atoms with Gasteiger partial charge in [-0.1, -0.05) is 39.8 Å². The third-order valence-electron chi connectivity index (χ3n) is 5.43. The number of imidazole rings is 1. The molecule has 0 fully saturated rings. The molecular formula is C31H42N2O6. The molecule has 0 aliphatic rings. The Kier molecular flexibility index (Phi) is 15.4. The summed E-state index contributed by atoms with van der Waals surface area (Å²) in [6.45, 7) is 10.4. The second kappa shape index (κ2) is 18.2. The molecule has 0 radical (unpaired) electrons. The van der Waals surface area contributed by atoms with Crippen LogP contribution in [-0.4, -0.2) is 42.6 Å². The van der Waals surface area contributed by atoms with Gasteiger partial charge in [-0.05, 0) is 56.2 Å². The van der Waals surface area contributed by atoms with E-state index in [0.717, 1.165) is 5.69 Å². The summed E-state index contributed by atoms with van der Waals surface area (Å²) in [5, 5.41) is 0. The molecule has 0 spiro atoms. The fourth-order valence-corrected chi connectivity index (χ4v) is 3.39. The van der Waals surface area contributed by atoms with E-state index in [0.29, 0.717) is 34.2 Å². The second-order valence-corrected chi connectivity index (χ2v) is 7.98. The lowest BCUT2D eigenvalue weighted by atomic mass is 10.1. The first-order chi connectivity index (χ1) is 18.9. The number of aromatic nitrogens is 2. The van der Waals surface area contributed by atoms with Crippen molar-refractivity contribution in [3.05, 3.63) is 83.5 Å². The molecule has 2 aromatic carbocycles. The van der Waals surface area contributed by atoms with Gasteiger partial charge in [0.05, 0.1) is 39.0 Å². The number of allylic oxidation sites excluding steroid dienone is 2. The molecule has 1 heterocycles. The molecule has 8 nitrogen and oxygen atoms in total. The van der Waals surface area contributed by atoms with Crippen molar-refractivity contribution >= 4 is 11.8 Å². The van der Waals surface area contributed by atoms with Crippen LogP contribution in [0.25, 0.3) is 0 Å². The number of esters is 1. The highest BCUT2D eigenvalue weighted by atomic mass is 16.5. The fourth-order valence-electron chi connectivity index (χ4n) is 3.39. The van der Waals surface area contributed by atoms with E-state index in [4.69, 9.17) is 14.2 Å². The van der Waals surface area contributed by atoms with Crippen LogP contribution < -0.4 is 14.2 Å². The maximum Gasteiger partial charge on any atom is 0.337 e. The maximum absolute atomic E-state index is 12.9. The van der Waals surface area contributed by atoms with Crippen molar-refractivity contribution in [3.63, 3.8) is 0 Å². The lowest BCUT2D eigenvalue weighted by molar-refractivity contribution is 0.0600. The zero-order valence-electron chi connectivity index (χ0n) is 24.4. The largest absolute Gasteiger partial charge is 0.497 e. The van der Waals surface area contributed by atoms with E-state index in [9.17, 15) is 9.59 Å². The molecule has 0 aliphatic carbocycles. The Bertz CT molecular complexity index is 1180. The van der Waals surface area contributed by atoms with Crippen molar-refractivity contribution in [2.75, 3.05) is 21.3 Å². The van der Waals surface area contributed by atoms with Gasteiger partial charge < -0.3 is 23.5 Å². The van der Waals surface area contributed by atoms with Crippen molar-refractivity contribution in [1.82, 2.24) is 9.55 Å².